The zero-order valence-corrected chi connectivity index (χ0v) is 14.7. The van der Waals surface area contributed by atoms with Gasteiger partial charge in [-0.3, -0.25) is 9.13 Å². The molecule has 1 aliphatic heterocycles. The van der Waals surface area contributed by atoms with Crippen LogP contribution >= 0.6 is 0 Å². The lowest BCUT2D eigenvalue weighted by atomic mass is 9.79. The highest BCUT2D eigenvalue weighted by Gasteiger charge is 2.51. The molecule has 2 heterocycles. The Morgan fingerprint density at radius 2 is 1.62 bits per heavy atom. The highest BCUT2D eigenvalue weighted by molar-refractivity contribution is 6.62. The molecular formula is C17H23BN2O4. The zero-order valence-electron chi connectivity index (χ0n) is 14.7. The van der Waals surface area contributed by atoms with E-state index in [1.54, 1.807) is 0 Å². The highest BCUT2D eigenvalue weighted by atomic mass is 16.7. The van der Waals surface area contributed by atoms with Gasteiger partial charge in [0, 0.05) is 7.05 Å². The van der Waals surface area contributed by atoms with Crippen molar-refractivity contribution >= 4 is 12.6 Å². The van der Waals surface area contributed by atoms with E-state index in [0.29, 0.717) is 6.54 Å². The van der Waals surface area contributed by atoms with Gasteiger partial charge in [0.1, 0.15) is 0 Å². The molecule has 2 aromatic rings. The second-order valence-electron chi connectivity index (χ2n) is 7.29. The fraction of sp³-hybridized carbons (Fsp3) is 0.471. The van der Waals surface area contributed by atoms with Crippen molar-refractivity contribution in [2.45, 2.75) is 45.4 Å². The van der Waals surface area contributed by atoms with E-state index >= 15 is 0 Å². The number of rotatable bonds is 3. The second-order valence-corrected chi connectivity index (χ2v) is 7.29. The van der Waals surface area contributed by atoms with Crippen LogP contribution in [0.5, 0.6) is 5.88 Å². The van der Waals surface area contributed by atoms with Gasteiger partial charge in [0.25, 0.3) is 0 Å². The first-order chi connectivity index (χ1) is 11.1. The molecule has 1 N–H and O–H groups in total. The van der Waals surface area contributed by atoms with Crippen LogP contribution in [0, 0.1) is 0 Å². The largest absolute Gasteiger partial charge is 0.494 e. The lowest BCUT2D eigenvalue weighted by Gasteiger charge is -2.32. The summed E-state index contributed by atoms with van der Waals surface area (Å²) in [6.45, 7) is 8.49. The van der Waals surface area contributed by atoms with Gasteiger partial charge in [-0.15, -0.1) is 0 Å². The predicted octanol–water partition coefficient (Wildman–Crippen LogP) is 1.24. The minimum Gasteiger partial charge on any atom is -0.493 e. The summed E-state index contributed by atoms with van der Waals surface area (Å²) in [5.74, 6) is -0.0474. The van der Waals surface area contributed by atoms with Crippen molar-refractivity contribution in [1.29, 1.82) is 0 Å². The third kappa shape index (κ3) is 2.78. The van der Waals surface area contributed by atoms with Gasteiger partial charge < -0.3 is 14.4 Å². The van der Waals surface area contributed by atoms with E-state index in [1.807, 2.05) is 52.0 Å². The molecule has 6 nitrogen and oxygen atoms in total. The number of hydrogen-bond acceptors (Lipinski definition) is 4. The SMILES string of the molecule is Cn1c(O)cn(Cc2ccc(B3OC(C)(C)C(C)(C)O3)cc2)c1=O. The smallest absolute Gasteiger partial charge is 0.493 e. The van der Waals surface area contributed by atoms with E-state index in [1.165, 1.54) is 22.4 Å². The lowest BCUT2D eigenvalue weighted by molar-refractivity contribution is 0.00578. The van der Waals surface area contributed by atoms with Gasteiger partial charge >= 0.3 is 12.8 Å². The Hall–Kier alpha value is -1.99. The third-order valence-electron chi connectivity index (χ3n) is 5.01. The number of aromatic hydroxyl groups is 1. The number of nitrogens with zero attached hydrogens (tertiary/aromatic N) is 2. The average Bonchev–Trinajstić information content (AvgIpc) is 2.87. The molecule has 1 fully saturated rings. The minimum atomic E-state index is -0.396. The van der Waals surface area contributed by atoms with Gasteiger partial charge in [-0.1, -0.05) is 24.3 Å². The molecule has 0 radical (unpaired) electrons. The Morgan fingerprint density at radius 1 is 1.08 bits per heavy atom. The molecule has 0 unspecified atom stereocenters. The Labute approximate surface area is 141 Å². The number of imidazole rings is 1. The van der Waals surface area contributed by atoms with Crippen molar-refractivity contribution in [2.24, 2.45) is 7.05 Å². The fourth-order valence-corrected chi connectivity index (χ4v) is 2.64. The Kier molecular flexibility index (Phi) is 3.88. The quantitative estimate of drug-likeness (QED) is 0.860. The maximum Gasteiger partial charge on any atom is 0.494 e. The average molecular weight is 330 g/mol. The molecule has 128 valence electrons. The Morgan fingerprint density at radius 3 is 2.08 bits per heavy atom. The fourth-order valence-electron chi connectivity index (χ4n) is 2.64. The maximum absolute atomic E-state index is 11.9. The van der Waals surface area contributed by atoms with E-state index in [9.17, 15) is 9.90 Å². The summed E-state index contributed by atoms with van der Waals surface area (Å²) in [6, 6.07) is 7.78. The first-order valence-electron chi connectivity index (χ1n) is 8.00. The monoisotopic (exact) mass is 330 g/mol. The molecule has 0 saturated carbocycles. The van der Waals surface area contributed by atoms with Gasteiger partial charge in [0.15, 0.2) is 0 Å². The maximum atomic E-state index is 11.9. The molecule has 0 aliphatic carbocycles. The van der Waals surface area contributed by atoms with Gasteiger partial charge in [-0.25, -0.2) is 4.79 Å². The van der Waals surface area contributed by atoms with Crippen LogP contribution in [-0.2, 0) is 22.9 Å². The lowest BCUT2D eigenvalue weighted by Crippen LogP contribution is -2.41. The van der Waals surface area contributed by atoms with Crippen LogP contribution < -0.4 is 11.2 Å². The summed E-state index contributed by atoms with van der Waals surface area (Å²) in [5, 5.41) is 9.59. The minimum absolute atomic E-state index is 0.0474. The molecule has 0 amide bonds. The molecule has 1 aliphatic rings. The van der Waals surface area contributed by atoms with Crippen molar-refractivity contribution in [3.05, 3.63) is 46.5 Å². The molecule has 1 saturated heterocycles. The Bertz CT molecular complexity index is 789. The van der Waals surface area contributed by atoms with Crippen LogP contribution in [0.4, 0.5) is 0 Å². The first kappa shape index (κ1) is 16.9. The van der Waals surface area contributed by atoms with E-state index < -0.39 is 7.12 Å². The topological polar surface area (TPSA) is 65.6 Å². The van der Waals surface area contributed by atoms with Gasteiger partial charge in [-0.05, 0) is 38.7 Å². The summed E-state index contributed by atoms with van der Waals surface area (Å²) in [7, 11) is 1.14. The van der Waals surface area contributed by atoms with Crippen molar-refractivity contribution < 1.29 is 14.4 Å². The molecule has 1 aromatic heterocycles. The van der Waals surface area contributed by atoms with Crippen molar-refractivity contribution in [3.63, 3.8) is 0 Å². The number of hydrogen-bond donors (Lipinski definition) is 1. The number of benzene rings is 1. The summed E-state index contributed by atoms with van der Waals surface area (Å²) < 4.78 is 14.7. The van der Waals surface area contributed by atoms with E-state index in [4.69, 9.17) is 9.31 Å². The van der Waals surface area contributed by atoms with Crippen molar-refractivity contribution in [3.8, 4) is 5.88 Å². The van der Waals surface area contributed by atoms with Crippen LogP contribution in [-0.4, -0.2) is 32.6 Å². The predicted molar refractivity (Wildman–Crippen MR) is 92.6 cm³/mol. The third-order valence-corrected chi connectivity index (χ3v) is 5.01. The summed E-state index contributed by atoms with van der Waals surface area (Å²) in [5.41, 5.74) is 0.919. The van der Waals surface area contributed by atoms with Gasteiger partial charge in [0.2, 0.25) is 5.88 Å². The molecule has 0 spiro atoms. The first-order valence-corrected chi connectivity index (χ1v) is 8.00. The summed E-state index contributed by atoms with van der Waals surface area (Å²) in [4.78, 5) is 11.9. The van der Waals surface area contributed by atoms with Crippen molar-refractivity contribution in [2.75, 3.05) is 0 Å². The van der Waals surface area contributed by atoms with Gasteiger partial charge in [0.05, 0.1) is 23.9 Å². The van der Waals surface area contributed by atoms with E-state index in [-0.39, 0.29) is 22.8 Å². The normalized spacial score (nSPS) is 19.0. The van der Waals surface area contributed by atoms with Crippen molar-refractivity contribution in [1.82, 2.24) is 9.13 Å². The molecule has 3 rings (SSSR count). The molecule has 0 bridgehead atoms. The Balaban J connectivity index is 1.77. The second kappa shape index (κ2) is 5.53. The standard InChI is InChI=1S/C17H23BN2O4/c1-16(2)17(3,4)24-18(23-16)13-8-6-12(7-9-13)10-20-11-14(21)19(5)15(20)22/h6-9,11,21H,10H2,1-5H3. The van der Waals surface area contributed by atoms with Crippen LogP contribution in [0.15, 0.2) is 35.3 Å². The molecule has 24 heavy (non-hydrogen) atoms. The molecule has 1 aromatic carbocycles. The van der Waals surface area contributed by atoms with Crippen LogP contribution in [0.25, 0.3) is 0 Å². The summed E-state index contributed by atoms with van der Waals surface area (Å²) in [6.07, 6.45) is 1.43. The molecule has 0 atom stereocenters. The number of aromatic nitrogens is 2. The molecule has 7 heteroatoms. The van der Waals surface area contributed by atoms with Crippen LogP contribution in [0.3, 0.4) is 0 Å². The summed E-state index contributed by atoms with van der Waals surface area (Å²) >= 11 is 0. The van der Waals surface area contributed by atoms with Crippen LogP contribution in [0.1, 0.15) is 33.3 Å². The zero-order chi connectivity index (χ0) is 17.7. The van der Waals surface area contributed by atoms with E-state index in [2.05, 4.69) is 0 Å². The van der Waals surface area contributed by atoms with Gasteiger partial charge in [-0.2, -0.15) is 0 Å². The van der Waals surface area contributed by atoms with E-state index in [0.717, 1.165) is 11.0 Å². The molecular weight excluding hydrogens is 307 g/mol. The van der Waals surface area contributed by atoms with Crippen LogP contribution in [0.2, 0.25) is 0 Å². The highest BCUT2D eigenvalue weighted by Crippen LogP contribution is 2.36.